The molecule has 6 nitrogen and oxygen atoms in total. The maximum absolute atomic E-state index is 13.2. The first kappa shape index (κ1) is 18.9. The predicted octanol–water partition coefficient (Wildman–Crippen LogP) is 3.19. The van der Waals surface area contributed by atoms with Gasteiger partial charge in [0.25, 0.3) is 5.91 Å². The molecule has 1 saturated carbocycles. The van der Waals surface area contributed by atoms with Crippen LogP contribution in [0.2, 0.25) is 0 Å². The van der Waals surface area contributed by atoms with Gasteiger partial charge in [-0.2, -0.15) is 0 Å². The van der Waals surface area contributed by atoms with E-state index < -0.39 is 5.54 Å². The van der Waals surface area contributed by atoms with Gasteiger partial charge in [-0.3, -0.25) is 9.69 Å². The molecular weight excluding hydrogens is 362 g/mol. The van der Waals surface area contributed by atoms with Crippen LogP contribution >= 0.6 is 11.3 Å². The minimum atomic E-state index is -0.665. The van der Waals surface area contributed by atoms with E-state index in [4.69, 9.17) is 4.74 Å². The smallest absolute Gasteiger partial charge is 0.326 e. The third kappa shape index (κ3) is 4.05. The van der Waals surface area contributed by atoms with Crippen LogP contribution in [0.1, 0.15) is 50.3 Å². The summed E-state index contributed by atoms with van der Waals surface area (Å²) in [6.07, 6.45) is 5.82. The summed E-state index contributed by atoms with van der Waals surface area (Å²) < 4.78 is 5.80. The Bertz CT molecular complexity index is 664. The van der Waals surface area contributed by atoms with Crippen LogP contribution in [0.25, 0.3) is 0 Å². The number of amides is 3. The lowest BCUT2D eigenvalue weighted by Crippen LogP contribution is -2.50. The molecule has 3 heterocycles. The van der Waals surface area contributed by atoms with Gasteiger partial charge in [-0.05, 0) is 55.9 Å². The van der Waals surface area contributed by atoms with Crippen LogP contribution in [0.4, 0.5) is 4.79 Å². The van der Waals surface area contributed by atoms with Crippen molar-refractivity contribution in [3.63, 3.8) is 0 Å². The van der Waals surface area contributed by atoms with E-state index in [1.54, 1.807) is 11.3 Å². The zero-order chi connectivity index (χ0) is 18.9. The molecule has 1 aromatic rings. The van der Waals surface area contributed by atoms with Crippen LogP contribution in [0.5, 0.6) is 0 Å². The number of thiophene rings is 1. The van der Waals surface area contributed by atoms with Crippen molar-refractivity contribution < 1.29 is 14.3 Å². The first-order valence-corrected chi connectivity index (χ1v) is 10.9. The topological polar surface area (TPSA) is 61.9 Å². The van der Waals surface area contributed by atoms with Crippen molar-refractivity contribution in [2.24, 2.45) is 5.92 Å². The number of nitrogens with zero attached hydrogens (tertiary/aromatic N) is 2. The van der Waals surface area contributed by atoms with E-state index in [1.165, 1.54) is 9.78 Å². The number of nitrogens with one attached hydrogen (secondary N) is 1. The third-order valence-electron chi connectivity index (χ3n) is 6.16. The van der Waals surface area contributed by atoms with E-state index in [0.717, 1.165) is 58.2 Å². The zero-order valence-corrected chi connectivity index (χ0v) is 16.8. The number of hydrogen-bond acceptors (Lipinski definition) is 5. The number of rotatable bonds is 6. The van der Waals surface area contributed by atoms with Crippen LogP contribution in [0, 0.1) is 5.92 Å². The monoisotopic (exact) mass is 391 g/mol. The average Bonchev–Trinajstić information content (AvgIpc) is 3.38. The molecule has 2 aliphatic heterocycles. The lowest BCUT2D eigenvalue weighted by molar-refractivity contribution is -0.134. The second-order valence-corrected chi connectivity index (χ2v) is 9.33. The molecule has 3 aliphatic rings. The van der Waals surface area contributed by atoms with Crippen molar-refractivity contribution in [1.29, 1.82) is 0 Å². The van der Waals surface area contributed by atoms with E-state index in [-0.39, 0.29) is 18.0 Å². The fourth-order valence-corrected chi connectivity index (χ4v) is 5.22. The Kier molecular flexibility index (Phi) is 5.53. The molecule has 27 heavy (non-hydrogen) atoms. The van der Waals surface area contributed by atoms with Crippen LogP contribution < -0.4 is 5.32 Å². The summed E-state index contributed by atoms with van der Waals surface area (Å²) in [5, 5.41) is 5.09. The van der Waals surface area contributed by atoms with E-state index in [9.17, 15) is 9.59 Å². The summed E-state index contributed by atoms with van der Waals surface area (Å²) in [7, 11) is 0. The largest absolute Gasteiger partial charge is 0.377 e. The maximum atomic E-state index is 13.2. The molecule has 3 fully saturated rings. The van der Waals surface area contributed by atoms with Gasteiger partial charge in [-0.15, -0.1) is 11.3 Å². The van der Waals surface area contributed by atoms with E-state index in [2.05, 4.69) is 28.6 Å². The van der Waals surface area contributed by atoms with Gasteiger partial charge in [-0.1, -0.05) is 13.0 Å². The Morgan fingerprint density at radius 2 is 2.15 bits per heavy atom. The highest BCUT2D eigenvalue weighted by atomic mass is 32.1. The molecule has 1 aliphatic carbocycles. The molecular formula is C20H29N3O3S. The highest BCUT2D eigenvalue weighted by molar-refractivity contribution is 7.09. The van der Waals surface area contributed by atoms with Crippen molar-refractivity contribution in [3.05, 3.63) is 22.4 Å². The van der Waals surface area contributed by atoms with Crippen LogP contribution in [-0.2, 0) is 16.1 Å². The summed E-state index contributed by atoms with van der Waals surface area (Å²) in [5.41, 5.74) is -0.665. The molecule has 148 valence electrons. The minimum absolute atomic E-state index is 0.0390. The van der Waals surface area contributed by atoms with E-state index in [0.29, 0.717) is 12.6 Å². The average molecular weight is 392 g/mol. The molecule has 1 aromatic heterocycles. The van der Waals surface area contributed by atoms with Gasteiger partial charge in [-0.25, -0.2) is 9.69 Å². The first-order valence-electron chi connectivity index (χ1n) is 10.1. The standard InChI is InChI=1S/C20H29N3O3S/c1-15-6-8-20(9-7-15)18(24)23(19(25)21-20)14-22(12-16-4-2-10-26-16)13-17-5-3-11-27-17/h3,5,11,15-16H,2,4,6-10,12-14H2,1H3,(H,21,25)/t15?,16-,20?/m1/s1. The van der Waals surface area contributed by atoms with Crippen LogP contribution in [0.15, 0.2) is 17.5 Å². The normalized spacial score (nSPS) is 31.3. The number of carbonyl (C=O) groups excluding carboxylic acids is 2. The van der Waals surface area contributed by atoms with Gasteiger partial charge >= 0.3 is 6.03 Å². The Morgan fingerprint density at radius 1 is 1.33 bits per heavy atom. The highest BCUT2D eigenvalue weighted by Gasteiger charge is 2.52. The third-order valence-corrected chi connectivity index (χ3v) is 7.02. The molecule has 7 heteroatoms. The number of imide groups is 1. The van der Waals surface area contributed by atoms with Crippen molar-refractivity contribution in [3.8, 4) is 0 Å². The van der Waals surface area contributed by atoms with E-state index >= 15 is 0 Å². The Morgan fingerprint density at radius 3 is 2.81 bits per heavy atom. The van der Waals surface area contributed by atoms with Crippen molar-refractivity contribution in [1.82, 2.24) is 15.1 Å². The molecule has 1 N–H and O–H groups in total. The minimum Gasteiger partial charge on any atom is -0.377 e. The SMILES string of the molecule is CC1CCC2(CC1)NC(=O)N(CN(Cc1cccs1)C[C@H]1CCCO1)C2=O. The van der Waals surface area contributed by atoms with Crippen molar-refractivity contribution in [2.45, 2.75) is 63.6 Å². The Balaban J connectivity index is 1.46. The highest BCUT2D eigenvalue weighted by Crippen LogP contribution is 2.36. The predicted molar refractivity (Wildman–Crippen MR) is 104 cm³/mol. The molecule has 2 saturated heterocycles. The number of ether oxygens (including phenoxy) is 1. The molecule has 0 unspecified atom stereocenters. The number of carbonyl (C=O) groups is 2. The lowest BCUT2D eigenvalue weighted by Gasteiger charge is -2.34. The summed E-state index contributed by atoms with van der Waals surface area (Å²) >= 11 is 1.70. The molecule has 1 atom stereocenters. The Hall–Kier alpha value is -1.44. The summed E-state index contributed by atoms with van der Waals surface area (Å²) in [5.74, 6) is 0.590. The Labute approximate surface area is 164 Å². The van der Waals surface area contributed by atoms with E-state index in [1.807, 2.05) is 6.07 Å². The van der Waals surface area contributed by atoms with Gasteiger partial charge < -0.3 is 10.1 Å². The van der Waals surface area contributed by atoms with Crippen LogP contribution in [0.3, 0.4) is 0 Å². The first-order chi connectivity index (χ1) is 13.1. The quantitative estimate of drug-likeness (QED) is 0.757. The lowest BCUT2D eigenvalue weighted by atomic mass is 9.77. The molecule has 1 spiro atoms. The van der Waals surface area contributed by atoms with Crippen molar-refractivity contribution in [2.75, 3.05) is 19.8 Å². The van der Waals surface area contributed by atoms with Crippen LogP contribution in [-0.4, -0.2) is 53.2 Å². The fourth-order valence-electron chi connectivity index (χ4n) is 4.47. The summed E-state index contributed by atoms with van der Waals surface area (Å²) in [6, 6.07) is 3.90. The fraction of sp³-hybridized carbons (Fsp3) is 0.700. The van der Waals surface area contributed by atoms with Gasteiger partial charge in [0.1, 0.15) is 5.54 Å². The van der Waals surface area contributed by atoms with Gasteiger partial charge in [0, 0.05) is 24.6 Å². The van der Waals surface area contributed by atoms with Gasteiger partial charge in [0.05, 0.1) is 12.8 Å². The zero-order valence-electron chi connectivity index (χ0n) is 16.0. The molecule has 0 radical (unpaired) electrons. The maximum Gasteiger partial charge on any atom is 0.326 e. The number of hydrogen-bond donors (Lipinski definition) is 1. The molecule has 3 amide bonds. The second kappa shape index (κ2) is 7.89. The summed E-state index contributed by atoms with van der Waals surface area (Å²) in [6.45, 7) is 4.84. The molecule has 4 rings (SSSR count). The van der Waals surface area contributed by atoms with Crippen molar-refractivity contribution >= 4 is 23.3 Å². The van der Waals surface area contributed by atoms with Gasteiger partial charge in [0.2, 0.25) is 0 Å². The second-order valence-electron chi connectivity index (χ2n) is 8.30. The molecule has 0 aromatic carbocycles. The van der Waals surface area contributed by atoms with Gasteiger partial charge in [0.15, 0.2) is 0 Å². The summed E-state index contributed by atoms with van der Waals surface area (Å²) in [4.78, 5) is 30.7. The number of urea groups is 1. The molecule has 0 bridgehead atoms.